The average molecular weight is 926 g/mol. The third-order valence-electron chi connectivity index (χ3n) is 14.7. The molecule has 0 spiro atoms. The number of hydrogen-bond acceptors (Lipinski definition) is 4. The van der Waals surface area contributed by atoms with Crippen molar-refractivity contribution in [2.45, 2.75) is 30.8 Å². The molecule has 0 radical (unpaired) electrons. The largest absolute Gasteiger partial charge is 0.457 e. The summed E-state index contributed by atoms with van der Waals surface area (Å²) in [7, 11) is -8.26. The van der Waals surface area contributed by atoms with Crippen molar-refractivity contribution < 1.29 is 4.74 Å². The Morgan fingerprint density at radius 2 is 1.05 bits per heavy atom. The zero-order valence-corrected chi connectivity index (χ0v) is 41.4. The normalized spacial score (nSPS) is 13.8. The molecule has 9 heteroatoms. The lowest BCUT2D eigenvalue weighted by Crippen LogP contribution is -2.77. The minimum Gasteiger partial charge on any atom is -0.457 e. The monoisotopic (exact) mass is 925 g/mol. The van der Waals surface area contributed by atoms with E-state index in [2.05, 4.69) is 245 Å². The van der Waals surface area contributed by atoms with Crippen LogP contribution in [0.5, 0.6) is 11.5 Å². The lowest BCUT2D eigenvalue weighted by molar-refractivity contribution is 0.453. The second kappa shape index (κ2) is 15.1. The van der Waals surface area contributed by atoms with E-state index in [-0.39, 0.29) is 4.66 Å². The summed E-state index contributed by atoms with van der Waals surface area (Å²) >= 11 is 3.64. The van der Waals surface area contributed by atoms with Crippen molar-refractivity contribution in [3.05, 3.63) is 221 Å². The molecule has 316 valence electrons. The van der Waals surface area contributed by atoms with Crippen molar-refractivity contribution in [2.24, 2.45) is 0 Å². The quantitative estimate of drug-likeness (QED) is 0.107. The number of fused-ring (bicyclic) bond motifs is 7. The Morgan fingerprint density at radius 1 is 0.492 bits per heavy atom. The standard InChI is InChI=1S/C56H47N3OS2Si3/c1-63(2,44-33-35-61-38-44)56(64(3,4)45-34-36-62-39-45)46-25-11-16-31-52(46)60-54-47(56)26-18-32-53(54)65(41-20-7-5-8-21-41,42-22-9-6-10-23-42)43-24-17-19-40(37-43)58-50-29-14-15-30-51(50)59-49-28-13-12-27-48(49)57-55(58)59/h5-39H,1-4H3. The molecule has 4 aromatic heterocycles. The van der Waals surface area contributed by atoms with E-state index >= 15 is 0 Å². The molecule has 12 rings (SSSR count). The Bertz CT molecular complexity index is 3460. The first-order valence-corrected chi connectivity index (χ1v) is 32.2. The van der Waals surface area contributed by atoms with Gasteiger partial charge in [-0.3, -0.25) is 8.97 Å². The van der Waals surface area contributed by atoms with E-state index < -0.39 is 24.2 Å². The summed E-state index contributed by atoms with van der Waals surface area (Å²) in [6, 6.07) is 70.3. The number of rotatable bonds is 9. The number of imidazole rings is 2. The molecule has 5 heterocycles. The lowest BCUT2D eigenvalue weighted by Gasteiger charge is -2.57. The van der Waals surface area contributed by atoms with Crippen LogP contribution in [0.15, 0.2) is 210 Å². The van der Waals surface area contributed by atoms with Crippen LogP contribution in [-0.2, 0) is 4.66 Å². The number of hydrogen-bond donors (Lipinski definition) is 0. The summed E-state index contributed by atoms with van der Waals surface area (Å²) in [5.74, 6) is 2.90. The SMILES string of the molecule is C[Si](C)(c1ccsc1)C1([Si](C)(C)c2ccsc2)c2ccccc2Oc2c1cccc2[Si](c1ccccc1)(c1ccccc1)c1cccc(-n2c3ccccc3n3c4ccccc4nc23)c1. The third kappa shape index (κ3) is 5.60. The summed E-state index contributed by atoms with van der Waals surface area (Å²) in [5.41, 5.74) is 8.08. The predicted molar refractivity (Wildman–Crippen MR) is 283 cm³/mol. The van der Waals surface area contributed by atoms with Gasteiger partial charge in [0.2, 0.25) is 5.78 Å². The Morgan fingerprint density at radius 3 is 1.71 bits per heavy atom. The molecule has 0 unspecified atom stereocenters. The predicted octanol–water partition coefficient (Wildman–Crippen LogP) is 10.6. The van der Waals surface area contributed by atoms with Crippen molar-refractivity contribution >= 4 is 106 Å². The average Bonchev–Trinajstić information content (AvgIpc) is 4.19. The third-order valence-corrected chi connectivity index (χ3v) is 33.4. The number of thiophene rings is 2. The van der Waals surface area contributed by atoms with Crippen LogP contribution in [0.1, 0.15) is 11.1 Å². The van der Waals surface area contributed by atoms with Gasteiger partial charge in [-0.1, -0.05) is 172 Å². The molecule has 0 amide bonds. The highest BCUT2D eigenvalue weighted by Gasteiger charge is 2.64. The minimum absolute atomic E-state index is 0.309. The number of benzene rings is 7. The fraction of sp³-hybridized carbons (Fsp3) is 0.0893. The molecule has 0 fully saturated rings. The smallest absolute Gasteiger partial charge is 0.220 e. The molecule has 0 N–H and O–H groups in total. The summed E-state index contributed by atoms with van der Waals surface area (Å²) in [6.45, 7) is 10.5. The van der Waals surface area contributed by atoms with Gasteiger partial charge < -0.3 is 4.74 Å². The molecule has 0 bridgehead atoms. The molecule has 0 atom stereocenters. The van der Waals surface area contributed by atoms with Crippen molar-refractivity contribution in [3.8, 4) is 17.2 Å². The van der Waals surface area contributed by atoms with Gasteiger partial charge in [0, 0.05) is 21.5 Å². The van der Waals surface area contributed by atoms with E-state index in [0.29, 0.717) is 0 Å². The molecular weight excluding hydrogens is 879 g/mol. The van der Waals surface area contributed by atoms with E-state index in [0.717, 1.165) is 45.0 Å². The van der Waals surface area contributed by atoms with Gasteiger partial charge in [0.25, 0.3) is 0 Å². The Labute approximate surface area is 390 Å². The van der Waals surface area contributed by atoms with E-state index in [1.807, 2.05) is 22.7 Å². The highest BCUT2D eigenvalue weighted by atomic mass is 32.1. The summed E-state index contributed by atoms with van der Waals surface area (Å²) in [6.07, 6.45) is 0. The zero-order chi connectivity index (χ0) is 44.0. The van der Waals surface area contributed by atoms with Gasteiger partial charge in [0.05, 0.1) is 38.2 Å². The summed E-state index contributed by atoms with van der Waals surface area (Å²) in [4.78, 5) is 5.30. The fourth-order valence-corrected chi connectivity index (χ4v) is 33.4. The zero-order valence-electron chi connectivity index (χ0n) is 36.8. The molecule has 1 aliphatic rings. The van der Waals surface area contributed by atoms with Crippen LogP contribution in [-0.4, -0.2) is 38.2 Å². The van der Waals surface area contributed by atoms with Crippen LogP contribution in [0, 0.1) is 0 Å². The number of nitrogens with zero attached hydrogens (tertiary/aromatic N) is 3. The van der Waals surface area contributed by atoms with Gasteiger partial charge in [-0.15, -0.1) is 0 Å². The van der Waals surface area contributed by atoms with Crippen LogP contribution in [0.4, 0.5) is 0 Å². The van der Waals surface area contributed by atoms with E-state index in [1.54, 1.807) is 0 Å². The lowest BCUT2D eigenvalue weighted by atomic mass is 9.98. The minimum atomic E-state index is -3.25. The Hall–Kier alpha value is -6.34. The number of ether oxygens (including phenoxy) is 1. The maximum Gasteiger partial charge on any atom is 0.220 e. The Kier molecular flexibility index (Phi) is 9.35. The van der Waals surface area contributed by atoms with Gasteiger partial charge in [-0.2, -0.15) is 22.7 Å². The van der Waals surface area contributed by atoms with Gasteiger partial charge in [-0.05, 0) is 95.1 Å². The van der Waals surface area contributed by atoms with Gasteiger partial charge in [-0.25, -0.2) is 4.98 Å². The van der Waals surface area contributed by atoms with Crippen LogP contribution in [0.2, 0.25) is 26.2 Å². The maximum absolute atomic E-state index is 7.68. The molecule has 0 aliphatic carbocycles. The van der Waals surface area contributed by atoms with Gasteiger partial charge >= 0.3 is 0 Å². The van der Waals surface area contributed by atoms with Gasteiger partial charge in [0.15, 0.2) is 8.07 Å². The molecule has 4 nitrogen and oxygen atoms in total. The first kappa shape index (κ1) is 40.2. The second-order valence-corrected chi connectivity index (χ2v) is 33.4. The fourth-order valence-electron chi connectivity index (χ4n) is 12.0. The van der Waals surface area contributed by atoms with E-state index in [4.69, 9.17) is 9.72 Å². The molecule has 11 aromatic rings. The van der Waals surface area contributed by atoms with Crippen LogP contribution < -0.4 is 35.9 Å². The van der Waals surface area contributed by atoms with Crippen LogP contribution >= 0.6 is 22.7 Å². The molecule has 65 heavy (non-hydrogen) atoms. The van der Waals surface area contributed by atoms with Crippen molar-refractivity contribution in [3.63, 3.8) is 0 Å². The second-order valence-electron chi connectivity index (χ2n) is 18.4. The van der Waals surface area contributed by atoms with Crippen LogP contribution in [0.3, 0.4) is 0 Å². The summed E-state index contributed by atoms with van der Waals surface area (Å²) < 4.78 is 12.0. The highest BCUT2D eigenvalue weighted by molar-refractivity contribution is 7.20. The van der Waals surface area contributed by atoms with E-state index in [1.165, 1.54) is 42.2 Å². The van der Waals surface area contributed by atoms with E-state index in [9.17, 15) is 0 Å². The topological polar surface area (TPSA) is 31.5 Å². The molecule has 7 aromatic carbocycles. The number of para-hydroxylation sites is 6. The van der Waals surface area contributed by atoms with Crippen molar-refractivity contribution in [1.82, 2.24) is 14.0 Å². The molecular formula is C56H47N3OS2Si3. The highest BCUT2D eigenvalue weighted by Crippen LogP contribution is 2.56. The van der Waals surface area contributed by atoms with Gasteiger partial charge in [0.1, 0.15) is 11.5 Å². The Balaban J connectivity index is 1.22. The molecule has 0 saturated heterocycles. The first-order chi connectivity index (χ1) is 31.8. The molecule has 0 saturated carbocycles. The summed E-state index contributed by atoms with van der Waals surface area (Å²) in [5, 5.41) is 17.6. The van der Waals surface area contributed by atoms with Crippen LogP contribution in [0.25, 0.3) is 33.5 Å². The number of aromatic nitrogens is 3. The maximum atomic E-state index is 7.68. The molecule has 1 aliphatic heterocycles. The van der Waals surface area contributed by atoms with Crippen molar-refractivity contribution in [1.29, 1.82) is 0 Å². The van der Waals surface area contributed by atoms with Crippen molar-refractivity contribution in [2.75, 3.05) is 0 Å². The first-order valence-electron chi connectivity index (χ1n) is 22.3.